The van der Waals surface area contributed by atoms with Crippen LogP contribution in [0.2, 0.25) is 0 Å². The van der Waals surface area contributed by atoms with Gasteiger partial charge in [-0.15, -0.1) is 11.3 Å². The number of thioether (sulfide) groups is 1. The number of fused-ring (bicyclic) bond motifs is 4. The highest BCUT2D eigenvalue weighted by atomic mass is 32.2. The number of para-hydroxylation sites is 2. The molecule has 5 rings (SSSR count). The highest BCUT2D eigenvalue weighted by Crippen LogP contribution is 2.35. The highest BCUT2D eigenvalue weighted by molar-refractivity contribution is 7.99. The number of thiophene rings is 1. The number of carbonyl (C=O) groups excluding carboxylic acids is 1. The number of hydrogen-bond acceptors (Lipinski definition) is 7. The first kappa shape index (κ1) is 22.3. The molecule has 9 heteroatoms. The lowest BCUT2D eigenvalue weighted by molar-refractivity contribution is -0.128. The summed E-state index contributed by atoms with van der Waals surface area (Å²) in [5, 5.41) is 1.40. The summed E-state index contributed by atoms with van der Waals surface area (Å²) >= 11 is 2.97. The van der Waals surface area contributed by atoms with Crippen molar-refractivity contribution in [3.8, 4) is 11.5 Å². The molecule has 0 N–H and O–H groups in total. The van der Waals surface area contributed by atoms with Crippen LogP contribution < -0.4 is 15.0 Å². The molecule has 0 saturated heterocycles. The molecule has 2 aromatic heterocycles. The molecule has 33 heavy (non-hydrogen) atoms. The highest BCUT2D eigenvalue weighted by Gasteiger charge is 2.25. The lowest BCUT2D eigenvalue weighted by atomic mass is 9.97. The summed E-state index contributed by atoms with van der Waals surface area (Å²) in [7, 11) is 1.77. The molecule has 2 aliphatic rings. The molecular formula is C24H27N3O4S2. The van der Waals surface area contributed by atoms with Crippen LogP contribution in [-0.4, -0.2) is 52.4 Å². The number of ether oxygens (including phenoxy) is 2. The van der Waals surface area contributed by atoms with Gasteiger partial charge in [0.15, 0.2) is 22.8 Å². The molecule has 1 amide bonds. The molecule has 0 bridgehead atoms. The van der Waals surface area contributed by atoms with E-state index in [0.717, 1.165) is 35.2 Å². The molecule has 0 saturated carbocycles. The minimum absolute atomic E-state index is 0.0247. The van der Waals surface area contributed by atoms with Gasteiger partial charge >= 0.3 is 0 Å². The smallest absolute Gasteiger partial charge is 0.263 e. The van der Waals surface area contributed by atoms with E-state index in [1.807, 2.05) is 31.2 Å². The standard InChI is InChI=1S/C24H27N3O4S2/c1-3-27-23(29)21-16-8-4-7-11-19(16)33-22(21)25-24(27)32-14-20(28)26(2)12-15-13-30-17-9-5-6-10-18(17)31-15/h5-6,9-10,15H,3-4,7-8,11-14H2,1-2H3/t15-/m0/s1. The van der Waals surface area contributed by atoms with Crippen LogP contribution in [-0.2, 0) is 24.2 Å². The van der Waals surface area contributed by atoms with Gasteiger partial charge in [0.2, 0.25) is 5.91 Å². The van der Waals surface area contributed by atoms with Crippen LogP contribution in [0.15, 0.2) is 34.2 Å². The number of carbonyl (C=O) groups is 1. The summed E-state index contributed by atoms with van der Waals surface area (Å²) in [6, 6.07) is 7.55. The zero-order valence-corrected chi connectivity index (χ0v) is 20.5. The predicted octanol–water partition coefficient (Wildman–Crippen LogP) is 3.75. The maximum Gasteiger partial charge on any atom is 0.263 e. The number of rotatable bonds is 6. The molecule has 7 nitrogen and oxygen atoms in total. The molecule has 3 aromatic rings. The van der Waals surface area contributed by atoms with Crippen molar-refractivity contribution in [2.45, 2.75) is 50.4 Å². The molecule has 0 unspecified atom stereocenters. The molecule has 1 aliphatic heterocycles. The Morgan fingerprint density at radius 3 is 2.88 bits per heavy atom. The third-order valence-electron chi connectivity index (χ3n) is 6.15. The Hall–Kier alpha value is -2.52. The second-order valence-electron chi connectivity index (χ2n) is 8.40. The fourth-order valence-electron chi connectivity index (χ4n) is 4.41. The first-order valence-corrected chi connectivity index (χ1v) is 13.2. The van der Waals surface area contributed by atoms with Crippen molar-refractivity contribution < 1.29 is 14.3 Å². The Morgan fingerprint density at radius 1 is 1.27 bits per heavy atom. The van der Waals surface area contributed by atoms with E-state index in [2.05, 4.69) is 0 Å². The van der Waals surface area contributed by atoms with Gasteiger partial charge in [0.05, 0.1) is 17.7 Å². The van der Waals surface area contributed by atoms with Crippen LogP contribution >= 0.6 is 23.1 Å². The lowest BCUT2D eigenvalue weighted by Gasteiger charge is -2.29. The van der Waals surface area contributed by atoms with Crippen molar-refractivity contribution in [2.24, 2.45) is 0 Å². The quantitative estimate of drug-likeness (QED) is 0.391. The maximum atomic E-state index is 13.2. The Labute approximate surface area is 200 Å². The molecule has 1 aliphatic carbocycles. The molecule has 0 fully saturated rings. The minimum atomic E-state index is -0.223. The average molecular weight is 486 g/mol. The van der Waals surface area contributed by atoms with Gasteiger partial charge in [-0.1, -0.05) is 23.9 Å². The summed E-state index contributed by atoms with van der Waals surface area (Å²) in [6.07, 6.45) is 4.07. The van der Waals surface area contributed by atoms with Crippen molar-refractivity contribution in [3.05, 3.63) is 45.1 Å². The van der Waals surface area contributed by atoms with Gasteiger partial charge in [-0.25, -0.2) is 4.98 Å². The first-order valence-electron chi connectivity index (χ1n) is 11.4. The number of benzene rings is 1. The Bertz CT molecular complexity index is 1250. The van der Waals surface area contributed by atoms with Gasteiger partial charge in [-0.3, -0.25) is 14.2 Å². The van der Waals surface area contributed by atoms with Gasteiger partial charge in [-0.2, -0.15) is 0 Å². The van der Waals surface area contributed by atoms with Gasteiger partial charge < -0.3 is 14.4 Å². The lowest BCUT2D eigenvalue weighted by Crippen LogP contribution is -2.42. The van der Waals surface area contributed by atoms with Crippen LogP contribution in [0.25, 0.3) is 10.2 Å². The van der Waals surface area contributed by atoms with E-state index in [1.165, 1.54) is 28.6 Å². The van der Waals surface area contributed by atoms with E-state index in [-0.39, 0.29) is 23.3 Å². The second-order valence-corrected chi connectivity index (χ2v) is 10.4. The third-order valence-corrected chi connectivity index (χ3v) is 8.30. The summed E-state index contributed by atoms with van der Waals surface area (Å²) in [5.74, 6) is 1.61. The van der Waals surface area contributed by atoms with Crippen molar-refractivity contribution in [1.82, 2.24) is 14.5 Å². The van der Waals surface area contributed by atoms with Crippen LogP contribution in [0, 0.1) is 0 Å². The van der Waals surface area contributed by atoms with Gasteiger partial charge in [-0.05, 0) is 50.3 Å². The van der Waals surface area contributed by atoms with Crippen molar-refractivity contribution in [3.63, 3.8) is 0 Å². The Balaban J connectivity index is 1.27. The average Bonchev–Trinajstić information content (AvgIpc) is 3.21. The van der Waals surface area contributed by atoms with Crippen LogP contribution in [0.5, 0.6) is 11.5 Å². The van der Waals surface area contributed by atoms with Crippen molar-refractivity contribution in [2.75, 3.05) is 26.0 Å². The number of nitrogens with zero attached hydrogens (tertiary/aromatic N) is 3. The number of amides is 1. The summed E-state index contributed by atoms with van der Waals surface area (Å²) < 4.78 is 13.4. The number of likely N-dealkylation sites (N-methyl/N-ethyl adjacent to an activating group) is 1. The Morgan fingerprint density at radius 2 is 2.06 bits per heavy atom. The van der Waals surface area contributed by atoms with Crippen LogP contribution in [0.3, 0.4) is 0 Å². The van der Waals surface area contributed by atoms with Gasteiger partial charge in [0.1, 0.15) is 11.4 Å². The number of aryl methyl sites for hydroxylation is 2. The fraction of sp³-hybridized carbons (Fsp3) is 0.458. The van der Waals surface area contributed by atoms with E-state index in [9.17, 15) is 9.59 Å². The van der Waals surface area contributed by atoms with E-state index in [0.29, 0.717) is 30.6 Å². The topological polar surface area (TPSA) is 73.7 Å². The largest absolute Gasteiger partial charge is 0.486 e. The third kappa shape index (κ3) is 4.36. The SMILES string of the molecule is CCn1c(SCC(=O)N(C)C[C@H]2COc3ccccc3O2)nc2sc3c(c2c1=O)CCCC3. The molecule has 1 aromatic carbocycles. The van der Waals surface area contributed by atoms with Gasteiger partial charge in [0.25, 0.3) is 5.56 Å². The fourth-order valence-corrected chi connectivity index (χ4v) is 6.71. The normalized spacial score (nSPS) is 17.1. The molecule has 0 radical (unpaired) electrons. The van der Waals surface area contributed by atoms with Crippen molar-refractivity contribution in [1.29, 1.82) is 0 Å². The van der Waals surface area contributed by atoms with Crippen LogP contribution in [0.1, 0.15) is 30.2 Å². The maximum absolute atomic E-state index is 13.2. The van der Waals surface area contributed by atoms with Crippen molar-refractivity contribution >= 4 is 39.2 Å². The summed E-state index contributed by atoms with van der Waals surface area (Å²) in [6.45, 7) is 3.31. The van der Waals surface area contributed by atoms with E-state index in [4.69, 9.17) is 14.5 Å². The molecule has 3 heterocycles. The first-order chi connectivity index (χ1) is 16.0. The molecule has 1 atom stereocenters. The molecule has 0 spiro atoms. The number of hydrogen-bond donors (Lipinski definition) is 0. The van der Waals surface area contributed by atoms with E-state index in [1.54, 1.807) is 27.9 Å². The molecule has 174 valence electrons. The van der Waals surface area contributed by atoms with E-state index < -0.39 is 0 Å². The zero-order chi connectivity index (χ0) is 22.9. The molecular weight excluding hydrogens is 458 g/mol. The second kappa shape index (κ2) is 9.38. The van der Waals surface area contributed by atoms with Gasteiger partial charge in [0, 0.05) is 18.5 Å². The van der Waals surface area contributed by atoms with Crippen LogP contribution in [0.4, 0.5) is 0 Å². The summed E-state index contributed by atoms with van der Waals surface area (Å²) in [5.41, 5.74) is 1.22. The Kier molecular flexibility index (Phi) is 6.34. The summed E-state index contributed by atoms with van der Waals surface area (Å²) in [4.78, 5) is 34.7. The predicted molar refractivity (Wildman–Crippen MR) is 131 cm³/mol. The number of aromatic nitrogens is 2. The monoisotopic (exact) mass is 485 g/mol. The minimum Gasteiger partial charge on any atom is -0.486 e. The van der Waals surface area contributed by atoms with E-state index >= 15 is 0 Å². The zero-order valence-electron chi connectivity index (χ0n) is 18.8.